The summed E-state index contributed by atoms with van der Waals surface area (Å²) in [6, 6.07) is 12.6. The molecule has 3 aromatic rings. The molecule has 0 radical (unpaired) electrons. The fourth-order valence-electron chi connectivity index (χ4n) is 4.37. The maximum absolute atomic E-state index is 14.9. The van der Waals surface area contributed by atoms with E-state index in [-0.39, 0.29) is 22.6 Å². The van der Waals surface area contributed by atoms with Gasteiger partial charge in [-0.2, -0.15) is 0 Å². The van der Waals surface area contributed by atoms with Gasteiger partial charge in [0.1, 0.15) is 0 Å². The Hall–Kier alpha value is -2.62. The molecule has 0 saturated heterocycles. The molecule has 0 aliphatic heterocycles. The zero-order valence-corrected chi connectivity index (χ0v) is 17.1. The molecule has 0 unspecified atom stereocenters. The lowest BCUT2D eigenvalue weighted by molar-refractivity contribution is 0.339. The summed E-state index contributed by atoms with van der Waals surface area (Å²) < 4.78 is 59.4. The first-order valence-corrected chi connectivity index (χ1v) is 10.4. The van der Waals surface area contributed by atoms with Crippen LogP contribution in [0.3, 0.4) is 0 Å². The van der Waals surface area contributed by atoms with Crippen molar-refractivity contribution in [2.45, 2.75) is 45.4 Å². The molecule has 0 aromatic heterocycles. The van der Waals surface area contributed by atoms with Crippen LogP contribution in [-0.2, 0) is 0 Å². The van der Waals surface area contributed by atoms with Gasteiger partial charge in [-0.15, -0.1) is 0 Å². The van der Waals surface area contributed by atoms with E-state index in [1.165, 1.54) is 24.3 Å². The smallest absolute Gasteiger partial charge is 0.167 e. The van der Waals surface area contributed by atoms with E-state index in [4.69, 9.17) is 0 Å². The molecule has 0 bridgehead atoms. The Kier molecular flexibility index (Phi) is 5.68. The predicted molar refractivity (Wildman–Crippen MR) is 112 cm³/mol. The third kappa shape index (κ3) is 3.76. The van der Waals surface area contributed by atoms with Crippen molar-refractivity contribution >= 4 is 0 Å². The van der Waals surface area contributed by atoms with Crippen molar-refractivity contribution in [3.05, 3.63) is 82.9 Å². The van der Waals surface area contributed by atoms with Crippen molar-refractivity contribution in [2.24, 2.45) is 5.92 Å². The zero-order valence-electron chi connectivity index (χ0n) is 17.1. The molecule has 0 atom stereocenters. The van der Waals surface area contributed by atoms with Gasteiger partial charge in [-0.25, -0.2) is 17.6 Å². The quantitative estimate of drug-likeness (QED) is 0.381. The standard InChI is InChI=1S/C26H24F4/c1-15-3-7-17(8-4-15)19-11-13-21(25(29)23(19)27)22-14-12-20(24(28)26(22)30)18-9-5-16(2)6-10-18/h3-4,7-8,11-14,16,18H,5-6,9-10H2,1-2H3. The summed E-state index contributed by atoms with van der Waals surface area (Å²) in [5.74, 6) is -3.75. The highest BCUT2D eigenvalue weighted by molar-refractivity contribution is 5.72. The van der Waals surface area contributed by atoms with Crippen LogP contribution >= 0.6 is 0 Å². The van der Waals surface area contributed by atoms with E-state index in [1.54, 1.807) is 24.3 Å². The van der Waals surface area contributed by atoms with Crippen LogP contribution in [0.25, 0.3) is 22.3 Å². The van der Waals surface area contributed by atoms with Crippen molar-refractivity contribution in [1.82, 2.24) is 0 Å². The van der Waals surface area contributed by atoms with Crippen molar-refractivity contribution in [3.63, 3.8) is 0 Å². The molecule has 1 saturated carbocycles. The number of hydrogen-bond acceptors (Lipinski definition) is 0. The molecule has 1 aliphatic carbocycles. The highest BCUT2D eigenvalue weighted by atomic mass is 19.2. The van der Waals surface area contributed by atoms with E-state index in [1.807, 2.05) is 6.92 Å². The lowest BCUT2D eigenvalue weighted by atomic mass is 9.79. The van der Waals surface area contributed by atoms with Gasteiger partial charge < -0.3 is 0 Å². The molecule has 0 N–H and O–H groups in total. The summed E-state index contributed by atoms with van der Waals surface area (Å²) in [6.07, 6.45) is 3.58. The Morgan fingerprint density at radius 1 is 0.600 bits per heavy atom. The molecule has 1 aliphatic rings. The normalized spacial score (nSPS) is 19.1. The van der Waals surface area contributed by atoms with E-state index < -0.39 is 23.3 Å². The van der Waals surface area contributed by atoms with Gasteiger partial charge in [0.25, 0.3) is 0 Å². The first-order chi connectivity index (χ1) is 14.4. The fourth-order valence-corrected chi connectivity index (χ4v) is 4.37. The fraction of sp³-hybridized carbons (Fsp3) is 0.308. The number of rotatable bonds is 3. The van der Waals surface area contributed by atoms with E-state index in [9.17, 15) is 17.6 Å². The third-order valence-electron chi connectivity index (χ3n) is 6.30. The van der Waals surface area contributed by atoms with Crippen LogP contribution in [-0.4, -0.2) is 0 Å². The molecule has 0 nitrogen and oxygen atoms in total. The molecule has 30 heavy (non-hydrogen) atoms. The summed E-state index contributed by atoms with van der Waals surface area (Å²) in [4.78, 5) is 0. The van der Waals surface area contributed by atoms with Crippen LogP contribution in [0.15, 0.2) is 48.5 Å². The number of aryl methyl sites for hydroxylation is 1. The summed E-state index contributed by atoms with van der Waals surface area (Å²) in [5, 5.41) is 0. The SMILES string of the molecule is Cc1ccc(-c2ccc(-c3ccc(C4CCC(C)CC4)c(F)c3F)c(F)c2F)cc1. The first-order valence-electron chi connectivity index (χ1n) is 10.4. The van der Waals surface area contributed by atoms with Gasteiger partial charge in [-0.1, -0.05) is 73.9 Å². The van der Waals surface area contributed by atoms with E-state index in [0.717, 1.165) is 31.2 Å². The highest BCUT2D eigenvalue weighted by Gasteiger charge is 2.26. The number of hydrogen-bond donors (Lipinski definition) is 0. The average molecular weight is 412 g/mol. The third-order valence-corrected chi connectivity index (χ3v) is 6.30. The Balaban J connectivity index is 1.71. The Bertz CT molecular complexity index is 1060. The monoisotopic (exact) mass is 412 g/mol. The minimum Gasteiger partial charge on any atom is -0.203 e. The molecule has 0 heterocycles. The van der Waals surface area contributed by atoms with Gasteiger partial charge >= 0.3 is 0 Å². The van der Waals surface area contributed by atoms with Gasteiger partial charge in [0, 0.05) is 16.7 Å². The van der Waals surface area contributed by atoms with Crippen LogP contribution in [0.5, 0.6) is 0 Å². The number of halogens is 4. The topological polar surface area (TPSA) is 0 Å². The predicted octanol–water partition coefficient (Wildman–Crippen LogP) is 8.18. The van der Waals surface area contributed by atoms with E-state index in [0.29, 0.717) is 17.0 Å². The van der Waals surface area contributed by atoms with Crippen LogP contribution in [0.4, 0.5) is 17.6 Å². The summed E-state index contributed by atoms with van der Waals surface area (Å²) >= 11 is 0. The highest BCUT2D eigenvalue weighted by Crippen LogP contribution is 2.39. The molecular formula is C26H24F4. The van der Waals surface area contributed by atoms with Crippen LogP contribution in [0.1, 0.15) is 49.7 Å². The lowest BCUT2D eigenvalue weighted by Crippen LogP contribution is -2.13. The van der Waals surface area contributed by atoms with Crippen molar-refractivity contribution < 1.29 is 17.6 Å². The maximum atomic E-state index is 14.9. The average Bonchev–Trinajstić information content (AvgIpc) is 2.74. The summed E-state index contributed by atoms with van der Waals surface area (Å²) in [5.41, 5.74) is 1.42. The van der Waals surface area contributed by atoms with Gasteiger partial charge in [0.05, 0.1) is 0 Å². The maximum Gasteiger partial charge on any atom is 0.167 e. The van der Waals surface area contributed by atoms with E-state index >= 15 is 0 Å². The molecule has 4 rings (SSSR count). The summed E-state index contributed by atoms with van der Waals surface area (Å²) in [7, 11) is 0. The Morgan fingerprint density at radius 3 is 1.73 bits per heavy atom. The van der Waals surface area contributed by atoms with Gasteiger partial charge in [0.2, 0.25) is 0 Å². The molecule has 0 spiro atoms. The number of benzene rings is 3. The molecule has 1 fully saturated rings. The molecule has 4 heteroatoms. The van der Waals surface area contributed by atoms with Gasteiger partial charge in [-0.3, -0.25) is 0 Å². The first kappa shape index (κ1) is 20.6. The summed E-state index contributed by atoms with van der Waals surface area (Å²) in [6.45, 7) is 4.06. The van der Waals surface area contributed by atoms with Crippen molar-refractivity contribution in [3.8, 4) is 22.3 Å². The molecule has 3 aromatic carbocycles. The van der Waals surface area contributed by atoms with Crippen LogP contribution in [0, 0.1) is 36.1 Å². The minimum absolute atomic E-state index is 0.0322. The zero-order chi connectivity index (χ0) is 21.4. The van der Waals surface area contributed by atoms with Crippen molar-refractivity contribution in [2.75, 3.05) is 0 Å². The second-order valence-corrected chi connectivity index (χ2v) is 8.44. The van der Waals surface area contributed by atoms with Gasteiger partial charge in [-0.05, 0) is 42.7 Å². The van der Waals surface area contributed by atoms with Crippen LogP contribution < -0.4 is 0 Å². The Labute approximate surface area is 174 Å². The largest absolute Gasteiger partial charge is 0.203 e. The van der Waals surface area contributed by atoms with Crippen molar-refractivity contribution in [1.29, 1.82) is 0 Å². The Morgan fingerprint density at radius 2 is 1.10 bits per heavy atom. The molecule has 156 valence electrons. The van der Waals surface area contributed by atoms with E-state index in [2.05, 4.69) is 6.92 Å². The minimum atomic E-state index is -1.18. The second-order valence-electron chi connectivity index (χ2n) is 8.44. The van der Waals surface area contributed by atoms with Gasteiger partial charge in [0.15, 0.2) is 23.3 Å². The van der Waals surface area contributed by atoms with Crippen LogP contribution in [0.2, 0.25) is 0 Å². The second kappa shape index (κ2) is 8.25. The molecule has 0 amide bonds. The molecular weight excluding hydrogens is 388 g/mol. The lowest BCUT2D eigenvalue weighted by Gasteiger charge is -2.27.